The monoisotopic (exact) mass is 336 g/mol. The summed E-state index contributed by atoms with van der Waals surface area (Å²) in [6.07, 6.45) is 0.451. The van der Waals surface area contributed by atoms with Gasteiger partial charge in [-0.1, -0.05) is 34.9 Å². The molecule has 106 valence electrons. The van der Waals surface area contributed by atoms with Crippen LogP contribution >= 0.6 is 15.9 Å². The second-order valence-corrected chi connectivity index (χ2v) is 6.26. The van der Waals surface area contributed by atoms with Crippen LogP contribution in [0.5, 0.6) is 0 Å². The van der Waals surface area contributed by atoms with Gasteiger partial charge in [0.25, 0.3) is 0 Å². The molecule has 0 spiro atoms. The molecular weight excluding hydrogens is 320 g/mol. The van der Waals surface area contributed by atoms with Crippen LogP contribution in [0.25, 0.3) is 10.4 Å². The largest absolute Gasteiger partial charge is 0.312 e. The van der Waals surface area contributed by atoms with Crippen molar-refractivity contribution in [2.75, 3.05) is 18.0 Å². The Labute approximate surface area is 126 Å². The maximum absolute atomic E-state index is 12.2. The highest BCUT2D eigenvalue weighted by Gasteiger charge is 2.31. The zero-order valence-corrected chi connectivity index (χ0v) is 13.2. The topological polar surface area (TPSA) is 69.1 Å². The van der Waals surface area contributed by atoms with Crippen molar-refractivity contribution in [3.05, 3.63) is 38.7 Å². The van der Waals surface area contributed by atoms with Crippen molar-refractivity contribution in [3.8, 4) is 0 Å². The number of amides is 1. The van der Waals surface area contributed by atoms with Crippen molar-refractivity contribution < 1.29 is 4.79 Å². The molecular formula is C14H17BrN4O. The highest BCUT2D eigenvalue weighted by Crippen LogP contribution is 2.34. The highest BCUT2D eigenvalue weighted by atomic mass is 79.9. The number of hydrogen-bond acceptors (Lipinski definition) is 2. The van der Waals surface area contributed by atoms with Crippen molar-refractivity contribution in [2.45, 2.75) is 26.2 Å². The minimum atomic E-state index is 0.104. The Morgan fingerprint density at radius 1 is 1.55 bits per heavy atom. The van der Waals surface area contributed by atoms with E-state index in [1.54, 1.807) is 0 Å². The number of benzene rings is 1. The van der Waals surface area contributed by atoms with E-state index >= 15 is 0 Å². The maximum Gasteiger partial charge on any atom is 0.227 e. The second kappa shape index (κ2) is 6.29. The first kappa shape index (κ1) is 14.9. The minimum Gasteiger partial charge on any atom is -0.312 e. The van der Waals surface area contributed by atoms with Crippen molar-refractivity contribution >= 4 is 27.5 Å². The lowest BCUT2D eigenvalue weighted by Crippen LogP contribution is -2.26. The third kappa shape index (κ3) is 3.14. The average Bonchev–Trinajstić information content (AvgIpc) is 2.77. The van der Waals surface area contributed by atoms with Gasteiger partial charge in [0.05, 0.1) is 0 Å². The molecule has 0 N–H and O–H groups in total. The van der Waals surface area contributed by atoms with E-state index in [-0.39, 0.29) is 11.8 Å². The number of hydrogen-bond donors (Lipinski definition) is 0. The lowest BCUT2D eigenvalue weighted by molar-refractivity contribution is -0.117. The molecule has 0 aliphatic carbocycles. The maximum atomic E-state index is 12.2. The number of nitrogens with zero attached hydrogens (tertiary/aromatic N) is 4. The van der Waals surface area contributed by atoms with Gasteiger partial charge >= 0.3 is 0 Å². The van der Waals surface area contributed by atoms with Gasteiger partial charge in [-0.25, -0.2) is 0 Å². The van der Waals surface area contributed by atoms with Gasteiger partial charge in [0, 0.05) is 34.6 Å². The summed E-state index contributed by atoms with van der Waals surface area (Å²) in [5.41, 5.74) is 10.5. The summed E-state index contributed by atoms with van der Waals surface area (Å²) in [4.78, 5) is 16.8. The molecule has 0 aromatic heterocycles. The van der Waals surface area contributed by atoms with E-state index in [0.717, 1.165) is 15.7 Å². The summed E-state index contributed by atoms with van der Waals surface area (Å²) in [6, 6.07) is 6.00. The van der Waals surface area contributed by atoms with Gasteiger partial charge in [0.1, 0.15) is 0 Å². The van der Waals surface area contributed by atoms with Gasteiger partial charge in [-0.15, -0.1) is 0 Å². The van der Waals surface area contributed by atoms with Gasteiger partial charge in [-0.2, -0.15) is 0 Å². The fourth-order valence-corrected chi connectivity index (χ4v) is 2.90. The molecule has 0 radical (unpaired) electrons. The van der Waals surface area contributed by atoms with Gasteiger partial charge in [0.15, 0.2) is 0 Å². The number of rotatable bonds is 4. The summed E-state index contributed by atoms with van der Waals surface area (Å²) in [6.45, 7) is 5.23. The molecule has 5 nitrogen and oxygen atoms in total. The standard InChI is InChI=1S/C14H17BrN4O/c1-9(2)12-6-11(15)3-4-13(12)19-8-10(5-14(19)20)7-17-18-16/h3-4,6,9-10H,5,7-8H2,1-2H3. The van der Waals surface area contributed by atoms with E-state index in [1.807, 2.05) is 17.0 Å². The molecule has 6 heteroatoms. The second-order valence-electron chi connectivity index (χ2n) is 5.35. The Bertz CT molecular complexity index is 566. The van der Waals surface area contributed by atoms with Crippen LogP contribution in [-0.4, -0.2) is 19.0 Å². The Morgan fingerprint density at radius 2 is 2.30 bits per heavy atom. The number of carbonyl (C=O) groups excluding carboxylic acids is 1. The number of carbonyl (C=O) groups is 1. The summed E-state index contributed by atoms with van der Waals surface area (Å²) in [5.74, 6) is 0.556. The third-order valence-electron chi connectivity index (χ3n) is 3.51. The minimum absolute atomic E-state index is 0.104. The van der Waals surface area contributed by atoms with Crippen LogP contribution in [-0.2, 0) is 4.79 Å². The normalized spacial score (nSPS) is 18.5. The molecule has 1 unspecified atom stereocenters. The molecule has 1 aromatic rings. The van der Waals surface area contributed by atoms with Crippen LogP contribution < -0.4 is 4.90 Å². The molecule has 1 aliphatic rings. The Balaban J connectivity index is 2.28. The van der Waals surface area contributed by atoms with Gasteiger partial charge in [-0.05, 0) is 41.1 Å². The fourth-order valence-electron chi connectivity index (χ4n) is 2.52. The first-order valence-electron chi connectivity index (χ1n) is 6.63. The molecule has 20 heavy (non-hydrogen) atoms. The predicted molar refractivity (Wildman–Crippen MR) is 82.7 cm³/mol. The van der Waals surface area contributed by atoms with Crippen molar-refractivity contribution in [1.29, 1.82) is 0 Å². The molecule has 1 amide bonds. The number of halogens is 1. The Hall–Kier alpha value is -1.52. The molecule has 1 atom stereocenters. The van der Waals surface area contributed by atoms with Gasteiger partial charge in [0.2, 0.25) is 5.91 Å². The van der Waals surface area contributed by atoms with E-state index in [1.165, 1.54) is 0 Å². The van der Waals surface area contributed by atoms with Crippen LogP contribution in [0.15, 0.2) is 27.8 Å². The lowest BCUT2D eigenvalue weighted by Gasteiger charge is -2.22. The van der Waals surface area contributed by atoms with Crippen molar-refractivity contribution in [3.63, 3.8) is 0 Å². The van der Waals surface area contributed by atoms with E-state index in [4.69, 9.17) is 5.53 Å². The van der Waals surface area contributed by atoms with Crippen LogP contribution in [0.3, 0.4) is 0 Å². The van der Waals surface area contributed by atoms with E-state index in [9.17, 15) is 4.79 Å². The zero-order valence-electron chi connectivity index (χ0n) is 11.6. The van der Waals surface area contributed by atoms with E-state index in [0.29, 0.717) is 25.4 Å². The molecule has 1 fully saturated rings. The highest BCUT2D eigenvalue weighted by molar-refractivity contribution is 9.10. The summed E-state index contributed by atoms with van der Waals surface area (Å²) in [7, 11) is 0. The molecule has 2 rings (SSSR count). The molecule has 1 heterocycles. The Kier molecular flexibility index (Phi) is 4.68. The zero-order chi connectivity index (χ0) is 14.7. The summed E-state index contributed by atoms with van der Waals surface area (Å²) >= 11 is 3.48. The number of anilines is 1. The van der Waals surface area contributed by atoms with E-state index in [2.05, 4.69) is 45.9 Å². The lowest BCUT2D eigenvalue weighted by atomic mass is 10.0. The Morgan fingerprint density at radius 3 is 2.95 bits per heavy atom. The van der Waals surface area contributed by atoms with Crippen LogP contribution in [0.1, 0.15) is 31.7 Å². The molecule has 1 aromatic carbocycles. The fraction of sp³-hybridized carbons (Fsp3) is 0.500. The summed E-state index contributed by atoms with van der Waals surface area (Å²) < 4.78 is 1.02. The first-order valence-corrected chi connectivity index (χ1v) is 7.43. The van der Waals surface area contributed by atoms with Crippen LogP contribution in [0, 0.1) is 5.92 Å². The predicted octanol–water partition coefficient (Wildman–Crippen LogP) is 4.24. The van der Waals surface area contributed by atoms with Crippen molar-refractivity contribution in [2.24, 2.45) is 11.0 Å². The van der Waals surface area contributed by atoms with Gasteiger partial charge < -0.3 is 4.90 Å². The molecule has 1 saturated heterocycles. The van der Waals surface area contributed by atoms with Crippen LogP contribution in [0.4, 0.5) is 5.69 Å². The quantitative estimate of drug-likeness (QED) is 0.460. The first-order chi connectivity index (χ1) is 9.52. The molecule has 1 aliphatic heterocycles. The van der Waals surface area contributed by atoms with Crippen molar-refractivity contribution in [1.82, 2.24) is 0 Å². The average molecular weight is 337 g/mol. The molecule has 0 bridgehead atoms. The van der Waals surface area contributed by atoms with Crippen LogP contribution in [0.2, 0.25) is 0 Å². The smallest absolute Gasteiger partial charge is 0.227 e. The third-order valence-corrected chi connectivity index (χ3v) is 4.00. The number of azide groups is 1. The molecule has 0 saturated carbocycles. The van der Waals surface area contributed by atoms with E-state index < -0.39 is 0 Å². The SMILES string of the molecule is CC(C)c1cc(Br)ccc1N1CC(CN=[N+]=[N-])CC1=O. The summed E-state index contributed by atoms with van der Waals surface area (Å²) in [5, 5.41) is 3.58. The van der Waals surface area contributed by atoms with Gasteiger partial charge in [-0.3, -0.25) is 4.79 Å².